The van der Waals surface area contributed by atoms with Crippen LogP contribution in [0.5, 0.6) is 0 Å². The molecule has 1 N–H and O–H groups in total. The van der Waals surface area contributed by atoms with Crippen LogP contribution >= 0.6 is 0 Å². The van der Waals surface area contributed by atoms with Crippen molar-refractivity contribution in [3.05, 3.63) is 23.2 Å². The molecule has 1 aliphatic rings. The molecule has 1 saturated carbocycles. The van der Waals surface area contributed by atoms with Gasteiger partial charge in [0, 0.05) is 17.6 Å². The minimum absolute atomic E-state index is 0.363. The van der Waals surface area contributed by atoms with Crippen molar-refractivity contribution in [1.29, 1.82) is 0 Å². The largest absolute Gasteiger partial charge is 0.466 e. The fourth-order valence-corrected chi connectivity index (χ4v) is 4.49. The van der Waals surface area contributed by atoms with Crippen molar-refractivity contribution in [3.63, 3.8) is 0 Å². The second-order valence-corrected chi connectivity index (χ2v) is 8.37. The SMILES string of the molecule is Cc1cc(C(C)NC2CC(C)(C)CC(C)(C)C2)c(C)o1. The van der Waals surface area contributed by atoms with Crippen molar-refractivity contribution in [1.82, 2.24) is 5.32 Å². The van der Waals surface area contributed by atoms with Crippen LogP contribution in [0.2, 0.25) is 0 Å². The summed E-state index contributed by atoms with van der Waals surface area (Å²) in [5.74, 6) is 2.06. The summed E-state index contributed by atoms with van der Waals surface area (Å²) in [7, 11) is 0. The molecule has 2 rings (SSSR count). The molecule has 0 aliphatic heterocycles. The third kappa shape index (κ3) is 3.66. The zero-order valence-corrected chi connectivity index (χ0v) is 14.3. The van der Waals surface area contributed by atoms with Crippen LogP contribution in [-0.4, -0.2) is 6.04 Å². The molecule has 114 valence electrons. The molecule has 0 saturated heterocycles. The summed E-state index contributed by atoms with van der Waals surface area (Å²) in [6, 6.07) is 3.13. The lowest BCUT2D eigenvalue weighted by atomic mass is 9.63. The number of hydrogen-bond donors (Lipinski definition) is 1. The first-order valence-corrected chi connectivity index (χ1v) is 7.91. The van der Waals surface area contributed by atoms with Crippen LogP contribution in [0.3, 0.4) is 0 Å². The molecule has 1 heterocycles. The molecule has 1 aliphatic carbocycles. The van der Waals surface area contributed by atoms with E-state index in [1.807, 2.05) is 6.92 Å². The lowest BCUT2D eigenvalue weighted by Gasteiger charge is -2.46. The molecule has 1 atom stereocenters. The van der Waals surface area contributed by atoms with Gasteiger partial charge in [-0.1, -0.05) is 27.7 Å². The minimum Gasteiger partial charge on any atom is -0.466 e. The van der Waals surface area contributed by atoms with Gasteiger partial charge in [-0.3, -0.25) is 0 Å². The Labute approximate surface area is 124 Å². The standard InChI is InChI=1S/C18H31NO/c1-12-8-16(14(3)20-12)13(2)19-15-9-17(4,5)11-18(6,7)10-15/h8,13,15,19H,9-11H2,1-7H3. The molecule has 0 radical (unpaired) electrons. The summed E-state index contributed by atoms with van der Waals surface area (Å²) in [5.41, 5.74) is 2.17. The van der Waals surface area contributed by atoms with Gasteiger partial charge >= 0.3 is 0 Å². The molecule has 2 nitrogen and oxygen atoms in total. The Bertz CT molecular complexity index is 454. The number of nitrogens with one attached hydrogen (secondary N) is 1. The molecular weight excluding hydrogens is 246 g/mol. The lowest BCUT2D eigenvalue weighted by molar-refractivity contribution is 0.0810. The number of aryl methyl sites for hydroxylation is 2. The van der Waals surface area contributed by atoms with Crippen molar-refractivity contribution in [2.45, 2.75) is 79.8 Å². The molecule has 0 amide bonds. The average Bonchev–Trinajstić information content (AvgIpc) is 2.52. The Balaban J connectivity index is 2.07. The first-order chi connectivity index (χ1) is 9.08. The maximum atomic E-state index is 5.67. The van der Waals surface area contributed by atoms with Crippen LogP contribution in [0, 0.1) is 24.7 Å². The quantitative estimate of drug-likeness (QED) is 0.826. The van der Waals surface area contributed by atoms with Crippen LogP contribution in [0.4, 0.5) is 0 Å². The van der Waals surface area contributed by atoms with Crippen molar-refractivity contribution in [2.75, 3.05) is 0 Å². The Morgan fingerprint density at radius 3 is 2.15 bits per heavy atom. The Morgan fingerprint density at radius 2 is 1.70 bits per heavy atom. The van der Waals surface area contributed by atoms with Crippen LogP contribution in [0.15, 0.2) is 10.5 Å². The summed E-state index contributed by atoms with van der Waals surface area (Å²) in [6.45, 7) is 16.0. The van der Waals surface area contributed by atoms with Crippen molar-refractivity contribution >= 4 is 0 Å². The van der Waals surface area contributed by atoms with Gasteiger partial charge < -0.3 is 9.73 Å². The third-order valence-electron chi connectivity index (χ3n) is 4.59. The molecule has 0 bridgehead atoms. The van der Waals surface area contributed by atoms with E-state index < -0.39 is 0 Å². The van der Waals surface area contributed by atoms with E-state index >= 15 is 0 Å². The van der Waals surface area contributed by atoms with Gasteiger partial charge in [-0.25, -0.2) is 0 Å². The highest BCUT2D eigenvalue weighted by Crippen LogP contribution is 2.46. The van der Waals surface area contributed by atoms with E-state index in [0.29, 0.717) is 22.9 Å². The monoisotopic (exact) mass is 277 g/mol. The summed E-state index contributed by atoms with van der Waals surface area (Å²) in [6.07, 6.45) is 3.84. The van der Waals surface area contributed by atoms with E-state index in [9.17, 15) is 0 Å². The fourth-order valence-electron chi connectivity index (χ4n) is 4.49. The minimum atomic E-state index is 0.363. The van der Waals surface area contributed by atoms with Gasteiger partial charge in [-0.05, 0) is 56.9 Å². The van der Waals surface area contributed by atoms with Crippen molar-refractivity contribution in [3.8, 4) is 0 Å². The van der Waals surface area contributed by atoms with E-state index in [-0.39, 0.29) is 0 Å². The van der Waals surface area contributed by atoms with E-state index in [1.165, 1.54) is 24.8 Å². The van der Waals surface area contributed by atoms with Gasteiger partial charge in [-0.15, -0.1) is 0 Å². The molecule has 20 heavy (non-hydrogen) atoms. The number of furan rings is 1. The zero-order valence-electron chi connectivity index (χ0n) is 14.3. The van der Waals surface area contributed by atoms with E-state index in [0.717, 1.165) is 11.5 Å². The molecule has 1 aromatic heterocycles. The van der Waals surface area contributed by atoms with Gasteiger partial charge in [0.05, 0.1) is 0 Å². The van der Waals surface area contributed by atoms with E-state index in [2.05, 4.69) is 52.9 Å². The fraction of sp³-hybridized carbons (Fsp3) is 0.778. The van der Waals surface area contributed by atoms with Gasteiger partial charge in [0.25, 0.3) is 0 Å². The summed E-state index contributed by atoms with van der Waals surface area (Å²) >= 11 is 0. The van der Waals surface area contributed by atoms with Gasteiger partial charge in [-0.2, -0.15) is 0 Å². The smallest absolute Gasteiger partial charge is 0.105 e. The number of rotatable bonds is 3. The summed E-state index contributed by atoms with van der Waals surface area (Å²) in [4.78, 5) is 0. The number of hydrogen-bond acceptors (Lipinski definition) is 2. The highest BCUT2D eigenvalue weighted by Gasteiger charge is 2.38. The third-order valence-corrected chi connectivity index (χ3v) is 4.59. The second kappa shape index (κ2) is 5.22. The highest BCUT2D eigenvalue weighted by molar-refractivity contribution is 5.23. The summed E-state index contributed by atoms with van der Waals surface area (Å²) in [5, 5.41) is 3.84. The van der Waals surface area contributed by atoms with Crippen LogP contribution < -0.4 is 5.32 Å². The van der Waals surface area contributed by atoms with E-state index in [1.54, 1.807) is 0 Å². The predicted octanol–water partition coefficient (Wildman–Crippen LogP) is 5.15. The Hall–Kier alpha value is -0.760. The average molecular weight is 277 g/mol. The van der Waals surface area contributed by atoms with Gasteiger partial charge in [0.2, 0.25) is 0 Å². The molecule has 2 heteroatoms. The zero-order chi connectivity index (χ0) is 15.1. The lowest BCUT2D eigenvalue weighted by Crippen LogP contribution is -2.44. The first kappa shape index (κ1) is 15.6. The Morgan fingerprint density at radius 1 is 1.15 bits per heavy atom. The van der Waals surface area contributed by atoms with E-state index in [4.69, 9.17) is 4.42 Å². The molecular formula is C18H31NO. The first-order valence-electron chi connectivity index (χ1n) is 7.91. The van der Waals surface area contributed by atoms with Crippen LogP contribution in [0.1, 0.15) is 77.0 Å². The molecule has 1 unspecified atom stereocenters. The maximum absolute atomic E-state index is 5.67. The molecule has 1 fully saturated rings. The highest BCUT2D eigenvalue weighted by atomic mass is 16.3. The van der Waals surface area contributed by atoms with Gasteiger partial charge in [0.15, 0.2) is 0 Å². The summed E-state index contributed by atoms with van der Waals surface area (Å²) < 4.78 is 5.67. The molecule has 0 aromatic carbocycles. The second-order valence-electron chi connectivity index (χ2n) is 8.37. The van der Waals surface area contributed by atoms with Crippen LogP contribution in [-0.2, 0) is 0 Å². The Kier molecular flexibility index (Phi) is 4.07. The van der Waals surface area contributed by atoms with Crippen molar-refractivity contribution < 1.29 is 4.42 Å². The van der Waals surface area contributed by atoms with Crippen LogP contribution in [0.25, 0.3) is 0 Å². The molecule has 1 aromatic rings. The maximum Gasteiger partial charge on any atom is 0.105 e. The molecule has 0 spiro atoms. The van der Waals surface area contributed by atoms with Gasteiger partial charge in [0.1, 0.15) is 11.5 Å². The van der Waals surface area contributed by atoms with Crippen molar-refractivity contribution in [2.24, 2.45) is 10.8 Å². The predicted molar refractivity (Wildman–Crippen MR) is 84.9 cm³/mol. The normalized spacial score (nSPS) is 23.8. The topological polar surface area (TPSA) is 25.2 Å².